The van der Waals surface area contributed by atoms with Crippen LogP contribution in [-0.2, 0) is 17.9 Å². The van der Waals surface area contributed by atoms with E-state index in [0.29, 0.717) is 24.5 Å². The molecule has 0 saturated carbocycles. The highest BCUT2D eigenvalue weighted by atomic mass is 16.5. The summed E-state index contributed by atoms with van der Waals surface area (Å²) in [5, 5.41) is 9.65. The Morgan fingerprint density at radius 1 is 1.03 bits per heavy atom. The Bertz CT molecular complexity index is 1020. The van der Waals surface area contributed by atoms with Crippen LogP contribution >= 0.6 is 0 Å². The number of benzene rings is 2. The highest BCUT2D eigenvalue weighted by Crippen LogP contribution is 2.18. The first-order valence-electron chi connectivity index (χ1n) is 10.2. The summed E-state index contributed by atoms with van der Waals surface area (Å²) in [5.74, 6) is 1.13. The molecule has 162 valence electrons. The number of rotatable bonds is 8. The summed E-state index contributed by atoms with van der Waals surface area (Å²) in [5.41, 5.74) is 3.96. The van der Waals surface area contributed by atoms with Crippen molar-refractivity contribution in [2.75, 3.05) is 5.32 Å². The van der Waals surface area contributed by atoms with Crippen LogP contribution in [0.2, 0.25) is 0 Å². The van der Waals surface area contributed by atoms with Gasteiger partial charge in [-0.1, -0.05) is 31.1 Å². The number of hydrogen-bond donors (Lipinski definition) is 2. The first-order chi connectivity index (χ1) is 14.8. The van der Waals surface area contributed by atoms with E-state index in [0.717, 1.165) is 28.3 Å². The monoisotopic (exact) mass is 421 g/mol. The van der Waals surface area contributed by atoms with Crippen molar-refractivity contribution in [2.45, 2.75) is 40.8 Å². The largest absolute Gasteiger partial charge is 0.489 e. The molecule has 0 bridgehead atoms. The van der Waals surface area contributed by atoms with Crippen molar-refractivity contribution in [1.82, 2.24) is 10.5 Å². The molecule has 0 fully saturated rings. The van der Waals surface area contributed by atoms with E-state index in [4.69, 9.17) is 9.26 Å². The molecule has 3 aromatic rings. The second-order valence-corrected chi connectivity index (χ2v) is 7.64. The molecule has 0 spiro atoms. The van der Waals surface area contributed by atoms with Crippen LogP contribution in [0, 0.1) is 19.8 Å². The molecule has 0 aliphatic carbocycles. The van der Waals surface area contributed by atoms with Gasteiger partial charge in [0.15, 0.2) is 0 Å². The maximum Gasteiger partial charge on any atom is 0.251 e. The van der Waals surface area contributed by atoms with E-state index in [1.165, 1.54) is 0 Å². The Morgan fingerprint density at radius 2 is 1.71 bits per heavy atom. The molecule has 2 N–H and O–H groups in total. The van der Waals surface area contributed by atoms with E-state index in [2.05, 4.69) is 15.8 Å². The summed E-state index contributed by atoms with van der Waals surface area (Å²) in [6.07, 6.45) is 0. The van der Waals surface area contributed by atoms with E-state index in [9.17, 15) is 9.59 Å². The summed E-state index contributed by atoms with van der Waals surface area (Å²) in [4.78, 5) is 24.2. The minimum absolute atomic E-state index is 0.0276. The third-order valence-corrected chi connectivity index (χ3v) is 4.88. The van der Waals surface area contributed by atoms with Crippen LogP contribution in [0.4, 0.5) is 5.69 Å². The zero-order chi connectivity index (χ0) is 22.4. The summed E-state index contributed by atoms with van der Waals surface area (Å²) in [7, 11) is 0. The number of hydrogen-bond acceptors (Lipinski definition) is 5. The van der Waals surface area contributed by atoms with Crippen molar-refractivity contribution in [1.29, 1.82) is 0 Å². The second kappa shape index (κ2) is 9.93. The predicted octanol–water partition coefficient (Wildman–Crippen LogP) is 4.39. The minimum atomic E-state index is -0.172. The van der Waals surface area contributed by atoms with Gasteiger partial charge < -0.3 is 19.9 Å². The maximum atomic E-state index is 12.4. The fourth-order valence-electron chi connectivity index (χ4n) is 2.84. The standard InChI is InChI=1S/C24H27N3O4/c1-15(2)23(28)26-20-9-5-18(6-10-20)13-25-24(29)19-7-11-21(12-8-19)30-14-22-16(3)27-31-17(22)4/h5-12,15H,13-14H2,1-4H3,(H,25,29)(H,26,28). The lowest BCUT2D eigenvalue weighted by atomic mass is 10.1. The van der Waals surface area contributed by atoms with Gasteiger partial charge in [0.05, 0.1) is 11.3 Å². The van der Waals surface area contributed by atoms with Gasteiger partial charge in [-0.2, -0.15) is 0 Å². The van der Waals surface area contributed by atoms with Crippen LogP contribution in [0.1, 0.15) is 46.8 Å². The molecule has 7 heteroatoms. The molecule has 0 aliphatic rings. The molecule has 2 aromatic carbocycles. The van der Waals surface area contributed by atoms with Crippen molar-refractivity contribution >= 4 is 17.5 Å². The summed E-state index contributed by atoms with van der Waals surface area (Å²) in [6, 6.07) is 14.4. The van der Waals surface area contributed by atoms with Gasteiger partial charge in [0.1, 0.15) is 18.1 Å². The molecule has 0 unspecified atom stereocenters. The number of amides is 2. The van der Waals surface area contributed by atoms with Gasteiger partial charge in [-0.05, 0) is 55.8 Å². The number of ether oxygens (including phenoxy) is 1. The topological polar surface area (TPSA) is 93.5 Å². The van der Waals surface area contributed by atoms with E-state index < -0.39 is 0 Å². The zero-order valence-electron chi connectivity index (χ0n) is 18.2. The lowest BCUT2D eigenvalue weighted by Crippen LogP contribution is -2.22. The van der Waals surface area contributed by atoms with Crippen LogP contribution in [0.25, 0.3) is 0 Å². The molecule has 1 aromatic heterocycles. The number of aromatic nitrogens is 1. The Morgan fingerprint density at radius 3 is 2.29 bits per heavy atom. The minimum Gasteiger partial charge on any atom is -0.489 e. The molecule has 31 heavy (non-hydrogen) atoms. The zero-order valence-corrected chi connectivity index (χ0v) is 18.2. The fourth-order valence-corrected chi connectivity index (χ4v) is 2.84. The van der Waals surface area contributed by atoms with Gasteiger partial charge >= 0.3 is 0 Å². The molecule has 1 heterocycles. The molecule has 0 aliphatic heterocycles. The van der Waals surface area contributed by atoms with Crippen molar-refractivity contribution in [3.8, 4) is 5.75 Å². The average Bonchev–Trinajstić information content (AvgIpc) is 3.09. The number of nitrogens with one attached hydrogen (secondary N) is 2. The molecule has 0 radical (unpaired) electrons. The third kappa shape index (κ3) is 5.94. The highest BCUT2D eigenvalue weighted by molar-refractivity contribution is 5.94. The molecule has 3 rings (SSSR count). The Kier molecular flexibility index (Phi) is 7.07. The molecule has 0 atom stereocenters. The second-order valence-electron chi connectivity index (χ2n) is 7.64. The van der Waals surface area contributed by atoms with Crippen molar-refractivity contribution < 1.29 is 18.8 Å². The molecule has 0 saturated heterocycles. The van der Waals surface area contributed by atoms with Gasteiger partial charge in [0.25, 0.3) is 5.91 Å². The molecular weight excluding hydrogens is 394 g/mol. The highest BCUT2D eigenvalue weighted by Gasteiger charge is 2.11. The number of nitrogens with zero attached hydrogens (tertiary/aromatic N) is 1. The van der Waals surface area contributed by atoms with Crippen molar-refractivity contribution in [3.05, 3.63) is 76.7 Å². The quantitative estimate of drug-likeness (QED) is 0.562. The lowest BCUT2D eigenvalue weighted by Gasteiger charge is -2.10. The van der Waals surface area contributed by atoms with Crippen LogP contribution in [0.3, 0.4) is 0 Å². The summed E-state index contributed by atoms with van der Waals surface area (Å²) < 4.78 is 10.9. The van der Waals surface area contributed by atoms with Gasteiger partial charge in [-0.15, -0.1) is 0 Å². The molecule has 2 amide bonds. The maximum absolute atomic E-state index is 12.4. The van der Waals surface area contributed by atoms with Gasteiger partial charge in [-0.3, -0.25) is 9.59 Å². The van der Waals surface area contributed by atoms with Crippen LogP contribution in [0.15, 0.2) is 53.1 Å². The Balaban J connectivity index is 1.50. The van der Waals surface area contributed by atoms with Crippen molar-refractivity contribution in [3.63, 3.8) is 0 Å². The fraction of sp³-hybridized carbons (Fsp3) is 0.292. The number of carbonyl (C=O) groups excluding carboxylic acids is 2. The smallest absolute Gasteiger partial charge is 0.251 e. The van der Waals surface area contributed by atoms with Crippen LogP contribution in [-0.4, -0.2) is 17.0 Å². The number of aryl methyl sites for hydroxylation is 2. The van der Waals surface area contributed by atoms with Gasteiger partial charge in [0, 0.05) is 23.7 Å². The van der Waals surface area contributed by atoms with E-state index in [-0.39, 0.29) is 17.7 Å². The van der Waals surface area contributed by atoms with E-state index in [1.807, 2.05) is 52.0 Å². The van der Waals surface area contributed by atoms with Gasteiger partial charge in [-0.25, -0.2) is 0 Å². The Labute approximate surface area is 181 Å². The summed E-state index contributed by atoms with van der Waals surface area (Å²) >= 11 is 0. The van der Waals surface area contributed by atoms with E-state index >= 15 is 0 Å². The third-order valence-electron chi connectivity index (χ3n) is 4.88. The molecular formula is C24H27N3O4. The first-order valence-corrected chi connectivity index (χ1v) is 10.2. The van der Waals surface area contributed by atoms with Gasteiger partial charge in [0.2, 0.25) is 5.91 Å². The number of carbonyl (C=O) groups is 2. The predicted molar refractivity (Wildman–Crippen MR) is 118 cm³/mol. The first kappa shape index (κ1) is 22.1. The average molecular weight is 421 g/mol. The summed E-state index contributed by atoms with van der Waals surface area (Å²) in [6.45, 7) is 8.16. The molecule has 7 nitrogen and oxygen atoms in total. The van der Waals surface area contributed by atoms with E-state index in [1.54, 1.807) is 24.3 Å². The normalized spacial score (nSPS) is 10.7. The Hall–Kier alpha value is -3.61. The van der Waals surface area contributed by atoms with Crippen LogP contribution in [0.5, 0.6) is 5.75 Å². The van der Waals surface area contributed by atoms with Crippen molar-refractivity contribution in [2.24, 2.45) is 5.92 Å². The number of anilines is 1. The lowest BCUT2D eigenvalue weighted by molar-refractivity contribution is -0.118. The SMILES string of the molecule is Cc1noc(C)c1COc1ccc(C(=O)NCc2ccc(NC(=O)C(C)C)cc2)cc1. The van der Waals surface area contributed by atoms with Crippen LogP contribution < -0.4 is 15.4 Å².